The Balaban J connectivity index is 0.00000341. The van der Waals surface area contributed by atoms with Gasteiger partial charge in [0.25, 0.3) is 0 Å². The summed E-state index contributed by atoms with van der Waals surface area (Å²) in [6, 6.07) is 20.1. The summed E-state index contributed by atoms with van der Waals surface area (Å²) < 4.78 is 1.83. The van der Waals surface area contributed by atoms with Crippen molar-refractivity contribution in [2.24, 2.45) is 4.99 Å². The van der Waals surface area contributed by atoms with Crippen molar-refractivity contribution in [3.63, 3.8) is 0 Å². The minimum atomic E-state index is -0.0167. The molecule has 3 aromatic rings. The van der Waals surface area contributed by atoms with Crippen LogP contribution in [0.3, 0.4) is 0 Å². The number of aliphatic imine (C=N–C) groups is 1. The summed E-state index contributed by atoms with van der Waals surface area (Å²) in [5.74, 6) is 0.573. The molecule has 8 heteroatoms. The van der Waals surface area contributed by atoms with Crippen molar-refractivity contribution in [1.82, 2.24) is 25.3 Å². The van der Waals surface area contributed by atoms with Gasteiger partial charge in [-0.15, -0.1) is 24.0 Å². The molecule has 0 radical (unpaired) electrons. The third-order valence-corrected chi connectivity index (χ3v) is 4.66. The molecule has 0 aliphatic rings. The minimum absolute atomic E-state index is 0. The van der Waals surface area contributed by atoms with Crippen LogP contribution in [0.5, 0.6) is 0 Å². The number of guanidine groups is 1. The molecule has 0 aliphatic carbocycles. The second-order valence-electron chi connectivity index (χ2n) is 7.20. The van der Waals surface area contributed by atoms with Crippen molar-refractivity contribution < 1.29 is 4.79 Å². The molecule has 2 N–H and O–H groups in total. The third-order valence-electron chi connectivity index (χ3n) is 4.66. The van der Waals surface area contributed by atoms with Gasteiger partial charge in [0.2, 0.25) is 5.91 Å². The monoisotopic (exact) mass is 532 g/mol. The van der Waals surface area contributed by atoms with Gasteiger partial charge in [-0.3, -0.25) is 4.79 Å². The summed E-state index contributed by atoms with van der Waals surface area (Å²) in [6.45, 7) is 2.76. The van der Waals surface area contributed by atoms with Crippen LogP contribution >= 0.6 is 24.0 Å². The molecule has 1 atom stereocenters. The lowest BCUT2D eigenvalue weighted by Crippen LogP contribution is -2.43. The number of hydrogen-bond acceptors (Lipinski definition) is 3. The molecule has 0 saturated carbocycles. The molecule has 164 valence electrons. The topological polar surface area (TPSA) is 74.6 Å². The van der Waals surface area contributed by atoms with Gasteiger partial charge in [0.05, 0.1) is 24.8 Å². The van der Waals surface area contributed by atoms with E-state index in [0.29, 0.717) is 12.5 Å². The second-order valence-corrected chi connectivity index (χ2v) is 7.20. The lowest BCUT2D eigenvalue weighted by atomic mass is 10.1. The zero-order chi connectivity index (χ0) is 21.3. The second kappa shape index (κ2) is 12.1. The van der Waals surface area contributed by atoms with Gasteiger partial charge in [-0.2, -0.15) is 5.10 Å². The quantitative estimate of drug-likeness (QED) is 0.278. The molecule has 1 amide bonds. The Hall–Kier alpha value is -2.88. The Morgan fingerprint density at radius 2 is 1.90 bits per heavy atom. The number of amides is 1. The van der Waals surface area contributed by atoms with Gasteiger partial charge in [-0.05, 0) is 36.2 Å². The van der Waals surface area contributed by atoms with E-state index in [4.69, 9.17) is 0 Å². The molecule has 3 rings (SSSR count). The fraction of sp³-hybridized carbons (Fsp3) is 0.261. The number of nitrogens with one attached hydrogen (secondary N) is 2. The van der Waals surface area contributed by atoms with E-state index in [0.717, 1.165) is 16.8 Å². The molecular formula is C23H29IN6O. The standard InChI is InChI=1S/C23H28N6O.HI/c1-18(20-11-7-12-21(15-20)29-14-8-13-26-29)27-23(25-17-22(30)28(2)3)24-16-19-9-5-4-6-10-19;/h4-15,18H,16-17H2,1-3H3,(H2,24,25,27);1H. The molecule has 0 aliphatic heterocycles. The first kappa shape index (κ1) is 24.4. The first-order valence-electron chi connectivity index (χ1n) is 9.92. The molecule has 2 aromatic carbocycles. The van der Waals surface area contributed by atoms with E-state index >= 15 is 0 Å². The molecule has 0 saturated heterocycles. The molecule has 0 fully saturated rings. The summed E-state index contributed by atoms with van der Waals surface area (Å²) >= 11 is 0. The maximum absolute atomic E-state index is 12.0. The zero-order valence-electron chi connectivity index (χ0n) is 18.0. The molecule has 7 nitrogen and oxygen atoms in total. The van der Waals surface area contributed by atoms with Gasteiger partial charge in [0.1, 0.15) is 0 Å². The Bertz CT molecular complexity index is 973. The van der Waals surface area contributed by atoms with Gasteiger partial charge < -0.3 is 15.5 Å². The molecule has 0 bridgehead atoms. The minimum Gasteiger partial charge on any atom is -0.350 e. The van der Waals surface area contributed by atoms with Crippen LogP contribution in [0.2, 0.25) is 0 Å². The van der Waals surface area contributed by atoms with E-state index in [-0.39, 0.29) is 42.5 Å². The number of benzene rings is 2. The van der Waals surface area contributed by atoms with Gasteiger partial charge >= 0.3 is 0 Å². The van der Waals surface area contributed by atoms with Crippen LogP contribution in [0.15, 0.2) is 78.0 Å². The summed E-state index contributed by atoms with van der Waals surface area (Å²) in [7, 11) is 3.48. The van der Waals surface area contributed by atoms with E-state index < -0.39 is 0 Å². The van der Waals surface area contributed by atoms with Crippen molar-refractivity contribution in [3.05, 3.63) is 84.2 Å². The highest BCUT2D eigenvalue weighted by atomic mass is 127. The highest BCUT2D eigenvalue weighted by Gasteiger charge is 2.11. The summed E-state index contributed by atoms with van der Waals surface area (Å²) in [4.78, 5) is 18.2. The zero-order valence-corrected chi connectivity index (χ0v) is 20.4. The Labute approximate surface area is 200 Å². The van der Waals surface area contributed by atoms with E-state index in [9.17, 15) is 4.79 Å². The van der Waals surface area contributed by atoms with Crippen LogP contribution in [-0.2, 0) is 11.3 Å². The number of carbonyl (C=O) groups excluding carboxylic acids is 1. The van der Waals surface area contributed by atoms with E-state index in [2.05, 4.69) is 39.8 Å². The number of hydrogen-bond donors (Lipinski definition) is 2. The lowest BCUT2D eigenvalue weighted by molar-refractivity contribution is -0.127. The van der Waals surface area contributed by atoms with E-state index in [1.165, 1.54) is 0 Å². The summed E-state index contributed by atoms with van der Waals surface area (Å²) in [5.41, 5.74) is 3.19. The van der Waals surface area contributed by atoms with Crippen molar-refractivity contribution in [1.29, 1.82) is 0 Å². The van der Waals surface area contributed by atoms with Crippen molar-refractivity contribution in [2.75, 3.05) is 20.6 Å². The van der Waals surface area contributed by atoms with Gasteiger partial charge in [-0.25, -0.2) is 9.67 Å². The van der Waals surface area contributed by atoms with Gasteiger partial charge in [-0.1, -0.05) is 42.5 Å². The van der Waals surface area contributed by atoms with Crippen LogP contribution in [-0.4, -0.2) is 47.2 Å². The molecule has 1 heterocycles. The first-order valence-corrected chi connectivity index (χ1v) is 9.92. The highest BCUT2D eigenvalue weighted by Crippen LogP contribution is 2.16. The summed E-state index contributed by atoms with van der Waals surface area (Å²) in [6.07, 6.45) is 3.67. The summed E-state index contributed by atoms with van der Waals surface area (Å²) in [5, 5.41) is 10.8. The van der Waals surface area contributed by atoms with Crippen LogP contribution in [0, 0.1) is 0 Å². The van der Waals surface area contributed by atoms with Crippen molar-refractivity contribution >= 4 is 35.8 Å². The normalized spacial score (nSPS) is 11.9. The number of likely N-dealkylation sites (N-methyl/N-ethyl adjacent to an activating group) is 1. The predicted molar refractivity (Wildman–Crippen MR) is 135 cm³/mol. The van der Waals surface area contributed by atoms with Crippen LogP contribution < -0.4 is 10.6 Å². The number of aromatic nitrogens is 2. The maximum Gasteiger partial charge on any atom is 0.241 e. The first-order chi connectivity index (χ1) is 14.5. The largest absolute Gasteiger partial charge is 0.350 e. The Kier molecular flexibility index (Phi) is 9.51. The Morgan fingerprint density at radius 1 is 1.13 bits per heavy atom. The fourth-order valence-corrected chi connectivity index (χ4v) is 2.87. The van der Waals surface area contributed by atoms with Crippen molar-refractivity contribution in [2.45, 2.75) is 19.5 Å². The molecule has 1 unspecified atom stereocenters. The maximum atomic E-state index is 12.0. The van der Waals surface area contributed by atoms with E-state index in [1.807, 2.05) is 59.4 Å². The van der Waals surface area contributed by atoms with Crippen LogP contribution in [0.4, 0.5) is 0 Å². The van der Waals surface area contributed by atoms with Crippen molar-refractivity contribution in [3.8, 4) is 5.69 Å². The molecule has 31 heavy (non-hydrogen) atoms. The molecule has 0 spiro atoms. The lowest BCUT2D eigenvalue weighted by Gasteiger charge is -2.20. The van der Waals surface area contributed by atoms with Gasteiger partial charge in [0, 0.05) is 26.5 Å². The van der Waals surface area contributed by atoms with Crippen LogP contribution in [0.25, 0.3) is 5.69 Å². The number of nitrogens with zero attached hydrogens (tertiary/aromatic N) is 4. The smallest absolute Gasteiger partial charge is 0.241 e. The molecule has 1 aromatic heterocycles. The number of rotatable bonds is 7. The van der Waals surface area contributed by atoms with Crippen LogP contribution in [0.1, 0.15) is 24.1 Å². The van der Waals surface area contributed by atoms with E-state index in [1.54, 1.807) is 25.2 Å². The van der Waals surface area contributed by atoms with Gasteiger partial charge in [0.15, 0.2) is 5.96 Å². The highest BCUT2D eigenvalue weighted by molar-refractivity contribution is 14.0. The average Bonchev–Trinajstić information content (AvgIpc) is 3.31. The SMILES string of the molecule is CC(NC(=NCc1ccccc1)NCC(=O)N(C)C)c1cccc(-n2cccn2)c1.I. The Morgan fingerprint density at radius 3 is 2.58 bits per heavy atom. The fourth-order valence-electron chi connectivity index (χ4n) is 2.87. The molecular weight excluding hydrogens is 503 g/mol. The predicted octanol–water partition coefficient (Wildman–Crippen LogP) is 3.37. The number of halogens is 1. The average molecular weight is 532 g/mol. The third kappa shape index (κ3) is 7.39. The number of carbonyl (C=O) groups is 1.